The third-order valence-corrected chi connectivity index (χ3v) is 6.46. The number of rotatable bonds is 3. The van der Waals surface area contributed by atoms with E-state index in [1.807, 2.05) is 48.5 Å². The van der Waals surface area contributed by atoms with Gasteiger partial charge in [-0.15, -0.1) is 11.3 Å². The van der Waals surface area contributed by atoms with Crippen molar-refractivity contribution < 1.29 is 0 Å². The highest BCUT2D eigenvalue weighted by Gasteiger charge is 2.22. The standard InChI is InChI=1S/C21H15Cl2N3S/c22-13-6-4-12(5-7-13)19-25-20(24-15-10-8-14(23)9-11-15)18-16-2-1-3-17(16)27-21(18)26-19/h4-11H,1-3H2,(H,24,25,26). The zero-order valence-electron chi connectivity index (χ0n) is 14.3. The summed E-state index contributed by atoms with van der Waals surface area (Å²) in [6.07, 6.45) is 3.43. The van der Waals surface area contributed by atoms with Crippen LogP contribution in [0.25, 0.3) is 21.6 Å². The van der Waals surface area contributed by atoms with Crippen molar-refractivity contribution in [1.29, 1.82) is 0 Å². The van der Waals surface area contributed by atoms with Crippen LogP contribution in [0.2, 0.25) is 10.0 Å². The van der Waals surface area contributed by atoms with Crippen molar-refractivity contribution in [3.8, 4) is 11.4 Å². The Kier molecular flexibility index (Phi) is 4.27. The molecule has 0 amide bonds. The molecular formula is C21H15Cl2N3S. The average molecular weight is 412 g/mol. The Morgan fingerprint density at radius 2 is 1.56 bits per heavy atom. The second kappa shape index (κ2) is 6.79. The highest BCUT2D eigenvalue weighted by Crippen LogP contribution is 2.41. The van der Waals surface area contributed by atoms with Gasteiger partial charge in [-0.3, -0.25) is 0 Å². The van der Waals surface area contributed by atoms with E-state index in [1.165, 1.54) is 16.9 Å². The van der Waals surface area contributed by atoms with E-state index < -0.39 is 0 Å². The number of benzene rings is 2. The second-order valence-corrected chi connectivity index (χ2v) is 8.53. The molecule has 4 aromatic rings. The molecule has 0 saturated heterocycles. The summed E-state index contributed by atoms with van der Waals surface area (Å²) >= 11 is 13.8. The normalized spacial score (nSPS) is 13.1. The van der Waals surface area contributed by atoms with Crippen LogP contribution in [0.15, 0.2) is 48.5 Å². The zero-order valence-corrected chi connectivity index (χ0v) is 16.6. The van der Waals surface area contributed by atoms with Gasteiger partial charge in [-0.05, 0) is 73.4 Å². The summed E-state index contributed by atoms with van der Waals surface area (Å²) in [5, 5.41) is 6.05. The van der Waals surface area contributed by atoms with Gasteiger partial charge < -0.3 is 5.32 Å². The maximum Gasteiger partial charge on any atom is 0.163 e. The number of hydrogen-bond acceptors (Lipinski definition) is 4. The van der Waals surface area contributed by atoms with E-state index in [9.17, 15) is 0 Å². The van der Waals surface area contributed by atoms with Gasteiger partial charge in [0.1, 0.15) is 10.6 Å². The molecule has 27 heavy (non-hydrogen) atoms. The van der Waals surface area contributed by atoms with Gasteiger partial charge in [0.15, 0.2) is 5.82 Å². The third kappa shape index (κ3) is 3.18. The van der Waals surface area contributed by atoms with Gasteiger partial charge in [-0.2, -0.15) is 0 Å². The number of thiophene rings is 1. The fourth-order valence-electron chi connectivity index (χ4n) is 3.48. The average Bonchev–Trinajstić information content (AvgIpc) is 3.25. The molecule has 0 aliphatic heterocycles. The maximum atomic E-state index is 6.03. The van der Waals surface area contributed by atoms with E-state index in [0.717, 1.165) is 40.1 Å². The van der Waals surface area contributed by atoms with Crippen LogP contribution in [0.5, 0.6) is 0 Å². The van der Waals surface area contributed by atoms with Crippen molar-refractivity contribution >= 4 is 56.3 Å². The summed E-state index contributed by atoms with van der Waals surface area (Å²) in [5.41, 5.74) is 3.31. The monoisotopic (exact) mass is 411 g/mol. The minimum atomic E-state index is 0.703. The number of nitrogens with zero attached hydrogens (tertiary/aromatic N) is 2. The van der Waals surface area contributed by atoms with Gasteiger partial charge in [-0.1, -0.05) is 23.2 Å². The Balaban J connectivity index is 1.68. The fraction of sp³-hybridized carbons (Fsp3) is 0.143. The molecular weight excluding hydrogens is 397 g/mol. The van der Waals surface area contributed by atoms with E-state index in [0.29, 0.717) is 15.9 Å². The number of aromatic nitrogens is 2. The molecule has 134 valence electrons. The van der Waals surface area contributed by atoms with Gasteiger partial charge in [-0.25, -0.2) is 9.97 Å². The van der Waals surface area contributed by atoms with Gasteiger partial charge in [0.05, 0.1) is 5.39 Å². The molecule has 0 radical (unpaired) electrons. The number of nitrogens with one attached hydrogen (secondary N) is 1. The van der Waals surface area contributed by atoms with E-state index in [1.54, 1.807) is 11.3 Å². The van der Waals surface area contributed by atoms with Crippen LogP contribution < -0.4 is 5.32 Å². The van der Waals surface area contributed by atoms with Crippen LogP contribution in [-0.2, 0) is 12.8 Å². The van der Waals surface area contributed by atoms with Crippen LogP contribution in [0.3, 0.4) is 0 Å². The highest BCUT2D eigenvalue weighted by molar-refractivity contribution is 7.19. The number of halogens is 2. The largest absolute Gasteiger partial charge is 0.340 e. The van der Waals surface area contributed by atoms with Crippen molar-refractivity contribution in [1.82, 2.24) is 9.97 Å². The number of hydrogen-bond donors (Lipinski definition) is 1. The molecule has 1 aliphatic rings. The number of aryl methyl sites for hydroxylation is 2. The summed E-state index contributed by atoms with van der Waals surface area (Å²) in [5.74, 6) is 1.56. The Morgan fingerprint density at radius 1 is 0.852 bits per heavy atom. The van der Waals surface area contributed by atoms with Gasteiger partial charge >= 0.3 is 0 Å². The predicted molar refractivity (Wildman–Crippen MR) is 115 cm³/mol. The Bertz CT molecular complexity index is 1140. The van der Waals surface area contributed by atoms with Gasteiger partial charge in [0, 0.05) is 26.2 Å². The molecule has 0 fully saturated rings. The fourth-order valence-corrected chi connectivity index (χ4v) is 5.00. The molecule has 2 heterocycles. The first kappa shape index (κ1) is 17.0. The topological polar surface area (TPSA) is 37.8 Å². The first-order valence-corrected chi connectivity index (χ1v) is 10.4. The lowest BCUT2D eigenvalue weighted by Gasteiger charge is -2.10. The highest BCUT2D eigenvalue weighted by atomic mass is 35.5. The molecule has 1 aliphatic carbocycles. The first-order valence-electron chi connectivity index (χ1n) is 8.78. The van der Waals surface area contributed by atoms with E-state index >= 15 is 0 Å². The molecule has 5 rings (SSSR count). The molecule has 0 saturated carbocycles. The summed E-state index contributed by atoms with van der Waals surface area (Å²) in [4.78, 5) is 12.2. The van der Waals surface area contributed by atoms with Crippen molar-refractivity contribution in [2.24, 2.45) is 0 Å². The van der Waals surface area contributed by atoms with Crippen molar-refractivity contribution in [2.75, 3.05) is 5.32 Å². The molecule has 0 atom stereocenters. The van der Waals surface area contributed by atoms with Crippen molar-refractivity contribution in [3.63, 3.8) is 0 Å². The predicted octanol–water partition coefficient (Wildman–Crippen LogP) is 6.90. The van der Waals surface area contributed by atoms with Crippen LogP contribution in [-0.4, -0.2) is 9.97 Å². The Labute approximate surface area is 171 Å². The van der Waals surface area contributed by atoms with E-state index in [2.05, 4.69) is 5.32 Å². The molecule has 1 N–H and O–H groups in total. The second-order valence-electron chi connectivity index (χ2n) is 6.57. The third-order valence-electron chi connectivity index (χ3n) is 4.77. The van der Waals surface area contributed by atoms with Gasteiger partial charge in [0.2, 0.25) is 0 Å². The molecule has 2 aromatic carbocycles. The lowest BCUT2D eigenvalue weighted by Crippen LogP contribution is -1.99. The molecule has 6 heteroatoms. The summed E-state index contributed by atoms with van der Waals surface area (Å²) in [6.45, 7) is 0. The minimum absolute atomic E-state index is 0.703. The first-order chi connectivity index (χ1) is 13.2. The summed E-state index contributed by atoms with van der Waals surface area (Å²) in [6, 6.07) is 15.3. The maximum absolute atomic E-state index is 6.03. The lowest BCUT2D eigenvalue weighted by molar-refractivity contribution is 0.917. The smallest absolute Gasteiger partial charge is 0.163 e. The van der Waals surface area contributed by atoms with Crippen molar-refractivity contribution in [2.45, 2.75) is 19.3 Å². The molecule has 0 bridgehead atoms. The Morgan fingerprint density at radius 3 is 2.30 bits per heavy atom. The lowest BCUT2D eigenvalue weighted by atomic mass is 10.1. The number of fused-ring (bicyclic) bond motifs is 3. The minimum Gasteiger partial charge on any atom is -0.340 e. The van der Waals surface area contributed by atoms with Crippen LogP contribution in [0.1, 0.15) is 16.9 Å². The SMILES string of the molecule is Clc1ccc(Nc2nc(-c3ccc(Cl)cc3)nc3sc4c(c23)CCC4)cc1. The molecule has 2 aromatic heterocycles. The zero-order chi connectivity index (χ0) is 18.4. The van der Waals surface area contributed by atoms with Crippen LogP contribution in [0.4, 0.5) is 11.5 Å². The van der Waals surface area contributed by atoms with Crippen LogP contribution in [0, 0.1) is 0 Å². The van der Waals surface area contributed by atoms with Crippen LogP contribution >= 0.6 is 34.5 Å². The molecule has 0 unspecified atom stereocenters. The molecule has 0 spiro atoms. The molecule has 3 nitrogen and oxygen atoms in total. The van der Waals surface area contributed by atoms with E-state index in [4.69, 9.17) is 33.2 Å². The van der Waals surface area contributed by atoms with E-state index in [-0.39, 0.29) is 0 Å². The summed E-state index contributed by atoms with van der Waals surface area (Å²) in [7, 11) is 0. The van der Waals surface area contributed by atoms with Gasteiger partial charge in [0.25, 0.3) is 0 Å². The quantitative estimate of drug-likeness (QED) is 0.398. The summed E-state index contributed by atoms with van der Waals surface area (Å²) < 4.78 is 0. The van der Waals surface area contributed by atoms with Crippen molar-refractivity contribution in [3.05, 3.63) is 69.0 Å². The number of anilines is 2. The Hall–Kier alpha value is -2.14.